The summed E-state index contributed by atoms with van der Waals surface area (Å²) in [5.41, 5.74) is 0.846. The van der Waals surface area contributed by atoms with Crippen LogP contribution in [0.3, 0.4) is 0 Å². The molecule has 0 saturated carbocycles. The largest absolute Gasteiger partial charge is 0.359 e. The summed E-state index contributed by atoms with van der Waals surface area (Å²) >= 11 is 0. The molecule has 0 amide bonds. The molecule has 0 radical (unpaired) electrons. The molecule has 2 N–H and O–H groups in total. The molecule has 0 bridgehead atoms. The third kappa shape index (κ3) is 3.05. The van der Waals surface area contributed by atoms with E-state index in [0.29, 0.717) is 6.54 Å². The third-order valence-electron chi connectivity index (χ3n) is 2.26. The van der Waals surface area contributed by atoms with Crippen LogP contribution in [0.2, 0.25) is 0 Å². The lowest BCUT2D eigenvalue weighted by atomic mass is 10.4. The molecule has 2 aromatic heterocycles. The van der Waals surface area contributed by atoms with E-state index in [1.54, 1.807) is 7.05 Å². The lowest BCUT2D eigenvalue weighted by Gasteiger charge is -2.06. The lowest BCUT2D eigenvalue weighted by Crippen LogP contribution is -2.34. The summed E-state index contributed by atoms with van der Waals surface area (Å²) in [5.74, 6) is 1.58. The fraction of sp³-hybridized carbons (Fsp3) is 0.300. The van der Waals surface area contributed by atoms with Gasteiger partial charge in [-0.25, -0.2) is 0 Å². The number of aliphatic imine (C=N–C) groups is 1. The first-order chi connectivity index (χ1) is 7.85. The van der Waals surface area contributed by atoms with Crippen LogP contribution in [0.5, 0.6) is 0 Å². The smallest absolute Gasteiger partial charge is 0.191 e. The molecule has 0 aromatic carbocycles. The van der Waals surface area contributed by atoms with Crippen LogP contribution in [0, 0.1) is 0 Å². The molecule has 0 aliphatic rings. The van der Waals surface area contributed by atoms with Crippen molar-refractivity contribution in [1.29, 1.82) is 0 Å². The Balaban J connectivity index is 0.00000144. The molecule has 0 fully saturated rings. The number of nitrogens with one attached hydrogen (secondary N) is 2. The van der Waals surface area contributed by atoms with Crippen LogP contribution in [0.4, 0.5) is 0 Å². The summed E-state index contributed by atoms with van der Waals surface area (Å²) in [6, 6.07) is 5.81. The first-order valence-corrected chi connectivity index (χ1v) is 5.02. The van der Waals surface area contributed by atoms with E-state index in [1.807, 2.05) is 35.8 Å². The van der Waals surface area contributed by atoms with Gasteiger partial charge in [0.2, 0.25) is 0 Å². The highest BCUT2D eigenvalue weighted by Crippen LogP contribution is 2.01. The van der Waals surface area contributed by atoms with Gasteiger partial charge in [-0.3, -0.25) is 9.39 Å². The maximum Gasteiger partial charge on any atom is 0.191 e. The number of nitrogens with zero attached hydrogens (tertiary/aromatic N) is 4. The van der Waals surface area contributed by atoms with Crippen LogP contribution in [-0.2, 0) is 6.54 Å². The van der Waals surface area contributed by atoms with Gasteiger partial charge >= 0.3 is 0 Å². The van der Waals surface area contributed by atoms with E-state index in [1.165, 1.54) is 0 Å². The Hall–Kier alpha value is -1.38. The highest BCUT2D eigenvalue weighted by atomic mass is 127. The van der Waals surface area contributed by atoms with Crippen molar-refractivity contribution >= 4 is 35.6 Å². The monoisotopic (exact) mass is 346 g/mol. The Labute approximate surface area is 117 Å². The molecule has 0 saturated heterocycles. The van der Waals surface area contributed by atoms with Crippen molar-refractivity contribution in [3.63, 3.8) is 0 Å². The van der Waals surface area contributed by atoms with Crippen molar-refractivity contribution in [1.82, 2.24) is 25.2 Å². The Kier molecular flexibility index (Phi) is 5.13. The Morgan fingerprint density at radius 2 is 2.24 bits per heavy atom. The fourth-order valence-electron chi connectivity index (χ4n) is 1.45. The zero-order chi connectivity index (χ0) is 11.4. The third-order valence-corrected chi connectivity index (χ3v) is 2.26. The second-order valence-corrected chi connectivity index (χ2v) is 3.22. The van der Waals surface area contributed by atoms with Crippen LogP contribution in [0.15, 0.2) is 29.4 Å². The number of guanidine groups is 1. The van der Waals surface area contributed by atoms with Gasteiger partial charge in [-0.2, -0.15) is 0 Å². The predicted molar refractivity (Wildman–Crippen MR) is 77.7 cm³/mol. The van der Waals surface area contributed by atoms with Crippen molar-refractivity contribution in [3.8, 4) is 0 Å². The molecule has 6 nitrogen and oxygen atoms in total. The van der Waals surface area contributed by atoms with Crippen LogP contribution < -0.4 is 10.6 Å². The van der Waals surface area contributed by atoms with Gasteiger partial charge in [0.25, 0.3) is 0 Å². The molecular formula is C10H15IN6. The van der Waals surface area contributed by atoms with Gasteiger partial charge in [0.15, 0.2) is 17.4 Å². The van der Waals surface area contributed by atoms with Crippen LogP contribution >= 0.6 is 24.0 Å². The zero-order valence-electron chi connectivity index (χ0n) is 9.71. The minimum Gasteiger partial charge on any atom is -0.359 e. The van der Waals surface area contributed by atoms with Crippen LogP contribution in [0.25, 0.3) is 5.65 Å². The Morgan fingerprint density at radius 3 is 2.94 bits per heavy atom. The van der Waals surface area contributed by atoms with E-state index in [9.17, 15) is 0 Å². The molecule has 92 valence electrons. The van der Waals surface area contributed by atoms with E-state index < -0.39 is 0 Å². The quantitative estimate of drug-likeness (QED) is 0.476. The number of fused-ring (bicyclic) bond motifs is 1. The van der Waals surface area contributed by atoms with Crippen molar-refractivity contribution in [2.45, 2.75) is 6.54 Å². The second kappa shape index (κ2) is 6.38. The first-order valence-electron chi connectivity index (χ1n) is 5.02. The topological polar surface area (TPSA) is 66.6 Å². The average Bonchev–Trinajstić information content (AvgIpc) is 2.74. The van der Waals surface area contributed by atoms with Crippen molar-refractivity contribution in [2.24, 2.45) is 4.99 Å². The lowest BCUT2D eigenvalue weighted by molar-refractivity contribution is 0.786. The minimum absolute atomic E-state index is 0. The maximum atomic E-state index is 4.10. The average molecular weight is 346 g/mol. The van der Waals surface area contributed by atoms with Crippen molar-refractivity contribution in [2.75, 3.05) is 14.1 Å². The zero-order valence-corrected chi connectivity index (χ0v) is 12.0. The van der Waals surface area contributed by atoms with E-state index in [-0.39, 0.29) is 24.0 Å². The standard InChI is InChI=1S/C10H14N6.HI/c1-11-10(12-2)13-7-9-15-14-8-5-3-4-6-16(8)9;/h3-6H,7H2,1-2H3,(H2,11,12,13);1H. The molecule has 2 aromatic rings. The van der Waals surface area contributed by atoms with E-state index in [4.69, 9.17) is 0 Å². The summed E-state index contributed by atoms with van der Waals surface area (Å²) < 4.78 is 1.94. The molecular weight excluding hydrogens is 331 g/mol. The van der Waals surface area contributed by atoms with E-state index >= 15 is 0 Å². The summed E-state index contributed by atoms with van der Waals surface area (Å²) in [5, 5.41) is 14.2. The van der Waals surface area contributed by atoms with Crippen molar-refractivity contribution in [3.05, 3.63) is 30.2 Å². The van der Waals surface area contributed by atoms with Crippen molar-refractivity contribution < 1.29 is 0 Å². The number of aromatic nitrogens is 3. The molecule has 0 atom stereocenters. The van der Waals surface area contributed by atoms with Crippen LogP contribution in [0.1, 0.15) is 5.82 Å². The molecule has 0 aliphatic heterocycles. The molecule has 0 aliphatic carbocycles. The highest BCUT2D eigenvalue weighted by molar-refractivity contribution is 14.0. The van der Waals surface area contributed by atoms with E-state index in [0.717, 1.165) is 17.4 Å². The number of halogens is 1. The van der Waals surface area contributed by atoms with Crippen LogP contribution in [-0.4, -0.2) is 34.7 Å². The van der Waals surface area contributed by atoms with Gasteiger partial charge in [-0.05, 0) is 12.1 Å². The number of rotatable bonds is 2. The first kappa shape index (κ1) is 13.7. The Bertz CT molecular complexity index is 506. The second-order valence-electron chi connectivity index (χ2n) is 3.22. The fourth-order valence-corrected chi connectivity index (χ4v) is 1.45. The molecule has 7 heteroatoms. The molecule has 0 spiro atoms. The summed E-state index contributed by atoms with van der Waals surface area (Å²) in [7, 11) is 3.54. The summed E-state index contributed by atoms with van der Waals surface area (Å²) in [6.45, 7) is 0.582. The van der Waals surface area contributed by atoms with Gasteiger partial charge in [0, 0.05) is 20.3 Å². The SMILES string of the molecule is CN=C(NC)NCc1nnc2ccccn12.I. The van der Waals surface area contributed by atoms with Gasteiger partial charge < -0.3 is 10.6 Å². The predicted octanol–water partition coefficient (Wildman–Crippen LogP) is 0.642. The number of pyridine rings is 1. The Morgan fingerprint density at radius 1 is 1.41 bits per heavy atom. The minimum atomic E-state index is 0. The van der Waals surface area contributed by atoms with Gasteiger partial charge in [-0.1, -0.05) is 6.07 Å². The molecule has 2 heterocycles. The molecule has 17 heavy (non-hydrogen) atoms. The molecule has 2 rings (SSSR count). The number of hydrogen-bond acceptors (Lipinski definition) is 3. The molecule has 0 unspecified atom stereocenters. The van der Waals surface area contributed by atoms with Gasteiger partial charge in [0.1, 0.15) is 0 Å². The normalized spacial score (nSPS) is 11.1. The van der Waals surface area contributed by atoms with Gasteiger partial charge in [-0.15, -0.1) is 34.2 Å². The highest BCUT2D eigenvalue weighted by Gasteiger charge is 2.04. The van der Waals surface area contributed by atoms with E-state index in [2.05, 4.69) is 25.8 Å². The number of hydrogen-bond donors (Lipinski definition) is 2. The summed E-state index contributed by atoms with van der Waals surface area (Å²) in [6.07, 6.45) is 1.94. The summed E-state index contributed by atoms with van der Waals surface area (Å²) in [4.78, 5) is 4.02. The maximum absolute atomic E-state index is 4.10. The van der Waals surface area contributed by atoms with Gasteiger partial charge in [0.05, 0.1) is 6.54 Å².